The van der Waals surface area contributed by atoms with Crippen molar-refractivity contribution in [3.63, 3.8) is 0 Å². The van der Waals surface area contributed by atoms with E-state index in [1.54, 1.807) is 0 Å². The zero-order valence-corrected chi connectivity index (χ0v) is 13.8. The van der Waals surface area contributed by atoms with E-state index in [4.69, 9.17) is 0 Å². The van der Waals surface area contributed by atoms with Gasteiger partial charge in [0.1, 0.15) is 19.0 Å². The molecule has 144 valence electrons. The van der Waals surface area contributed by atoms with E-state index in [-0.39, 0.29) is 0 Å². The summed E-state index contributed by atoms with van der Waals surface area (Å²) in [5.74, 6) is -6.67. The lowest BCUT2D eigenvalue weighted by Crippen LogP contribution is -2.13. The molecular weight excluding hydrogens is 384 g/mol. The molecule has 0 unspecified atom stereocenters. The van der Waals surface area contributed by atoms with Crippen molar-refractivity contribution in [3.8, 4) is 11.5 Å². The molecule has 25 heavy (non-hydrogen) atoms. The maximum absolute atomic E-state index is 14.1. The third-order valence-electron chi connectivity index (χ3n) is 2.62. The van der Waals surface area contributed by atoms with Crippen molar-refractivity contribution in [1.29, 1.82) is 0 Å². The highest BCUT2D eigenvalue weighted by Crippen LogP contribution is 3.03. The number of hydrogen-bond donors (Lipinski definition) is 0. The van der Waals surface area contributed by atoms with Crippen LogP contribution in [-0.4, -0.2) is 13.2 Å². The first-order valence-electron chi connectivity index (χ1n) is 6.58. The molecule has 0 saturated carbocycles. The van der Waals surface area contributed by atoms with Gasteiger partial charge < -0.3 is 9.47 Å². The van der Waals surface area contributed by atoms with Gasteiger partial charge in [0, 0.05) is 0 Å². The molecule has 0 atom stereocenters. The SMILES string of the molecule is C/C(F)=C/COc1ccc(OC/C=C(/C)F)c(S(F)(F)(F)(F)F)c1F. The zero-order chi connectivity index (χ0) is 19.5. The lowest BCUT2D eigenvalue weighted by molar-refractivity contribution is 0.297. The summed E-state index contributed by atoms with van der Waals surface area (Å²) in [6.07, 6.45) is 1.43. The van der Waals surface area contributed by atoms with Gasteiger partial charge in [-0.3, -0.25) is 0 Å². The van der Waals surface area contributed by atoms with Crippen molar-refractivity contribution in [2.24, 2.45) is 0 Å². The van der Waals surface area contributed by atoms with Crippen molar-refractivity contribution in [2.75, 3.05) is 13.2 Å². The smallest absolute Gasteiger partial charge is 0.316 e. The second-order valence-electron chi connectivity index (χ2n) is 4.88. The third-order valence-corrected chi connectivity index (χ3v) is 3.77. The van der Waals surface area contributed by atoms with E-state index >= 15 is 0 Å². The fraction of sp³-hybridized carbons (Fsp3) is 0.286. The van der Waals surface area contributed by atoms with Crippen LogP contribution in [0.4, 0.5) is 32.6 Å². The van der Waals surface area contributed by atoms with E-state index in [0.29, 0.717) is 18.2 Å². The van der Waals surface area contributed by atoms with Gasteiger partial charge >= 0.3 is 10.2 Å². The second kappa shape index (κ2) is 6.43. The number of rotatable bonds is 7. The van der Waals surface area contributed by atoms with Crippen molar-refractivity contribution in [3.05, 3.63) is 41.8 Å². The molecule has 0 fully saturated rings. The monoisotopic (exact) mass is 398 g/mol. The van der Waals surface area contributed by atoms with Crippen molar-refractivity contribution < 1.29 is 42.1 Å². The Morgan fingerprint density at radius 2 is 1.28 bits per heavy atom. The van der Waals surface area contributed by atoms with Crippen LogP contribution in [0.3, 0.4) is 0 Å². The Balaban J connectivity index is 3.39. The fourth-order valence-electron chi connectivity index (χ4n) is 1.60. The molecular formula is C14H14F8O2S. The van der Waals surface area contributed by atoms with E-state index in [0.717, 1.165) is 19.9 Å². The molecule has 1 rings (SSSR count). The van der Waals surface area contributed by atoms with Crippen LogP contribution < -0.4 is 9.47 Å². The van der Waals surface area contributed by atoms with Crippen LogP contribution in [0.5, 0.6) is 11.5 Å². The fourth-order valence-corrected chi connectivity index (χ4v) is 2.54. The molecule has 1 aromatic carbocycles. The predicted molar refractivity (Wildman–Crippen MR) is 78.5 cm³/mol. The van der Waals surface area contributed by atoms with E-state index in [9.17, 15) is 32.6 Å². The van der Waals surface area contributed by atoms with Crippen LogP contribution >= 0.6 is 10.2 Å². The third kappa shape index (κ3) is 6.48. The molecule has 0 aliphatic rings. The summed E-state index contributed by atoms with van der Waals surface area (Å²) in [6, 6.07) is 1.03. The number of ether oxygens (including phenoxy) is 2. The Morgan fingerprint density at radius 1 is 0.880 bits per heavy atom. The summed E-state index contributed by atoms with van der Waals surface area (Å²) in [4.78, 5) is -2.91. The number of allylic oxidation sites excluding steroid dienone is 2. The first kappa shape index (κ1) is 21.1. The molecule has 0 aliphatic carbocycles. The lowest BCUT2D eigenvalue weighted by atomic mass is 10.3. The van der Waals surface area contributed by atoms with E-state index < -0.39 is 57.3 Å². The highest BCUT2D eigenvalue weighted by molar-refractivity contribution is 8.45. The summed E-state index contributed by atoms with van der Waals surface area (Å²) in [5, 5.41) is 0. The quantitative estimate of drug-likeness (QED) is 0.461. The van der Waals surface area contributed by atoms with Crippen LogP contribution in [-0.2, 0) is 0 Å². The van der Waals surface area contributed by atoms with Crippen molar-refractivity contribution >= 4 is 10.2 Å². The average Bonchev–Trinajstić information content (AvgIpc) is 2.37. The standard InChI is InChI=1S/C14H14F8O2S/c1-9(15)5-7-23-11-3-4-12(24-8-6-10(2)16)14(13(11)17)25(18,19,20,21)22/h3-6H,7-8H2,1-2H3/b9-5-,10-6-. The summed E-state index contributed by atoms with van der Waals surface area (Å²) in [6.45, 7) is 0.444. The van der Waals surface area contributed by atoms with Gasteiger partial charge in [-0.15, -0.1) is 0 Å². The first-order chi connectivity index (χ1) is 11.1. The summed E-state index contributed by atoms with van der Waals surface area (Å²) in [7, 11) is -10.5. The Morgan fingerprint density at radius 3 is 1.68 bits per heavy atom. The number of hydrogen-bond acceptors (Lipinski definition) is 2. The minimum Gasteiger partial charge on any atom is -0.488 e. The molecule has 0 aromatic heterocycles. The average molecular weight is 398 g/mol. The molecule has 0 spiro atoms. The van der Waals surface area contributed by atoms with Gasteiger partial charge in [-0.05, 0) is 38.1 Å². The number of benzene rings is 1. The van der Waals surface area contributed by atoms with E-state index in [2.05, 4.69) is 9.47 Å². The predicted octanol–water partition coefficient (Wildman–Crippen LogP) is 6.99. The van der Waals surface area contributed by atoms with Crippen LogP contribution in [0.15, 0.2) is 40.8 Å². The Hall–Kier alpha value is -1.91. The van der Waals surface area contributed by atoms with Gasteiger partial charge in [-0.2, -0.15) is 0 Å². The van der Waals surface area contributed by atoms with E-state index in [1.807, 2.05) is 0 Å². The molecule has 11 heteroatoms. The molecule has 1 aromatic rings. The second-order valence-corrected chi connectivity index (χ2v) is 7.22. The van der Waals surface area contributed by atoms with Gasteiger partial charge in [0.25, 0.3) is 0 Å². The Labute approximate surface area is 138 Å². The molecule has 0 bridgehead atoms. The lowest BCUT2D eigenvalue weighted by Gasteiger charge is -2.41. The minimum absolute atomic E-state index is 0.416. The van der Waals surface area contributed by atoms with Crippen LogP contribution in [0.1, 0.15) is 13.8 Å². The van der Waals surface area contributed by atoms with Crippen molar-refractivity contribution in [2.45, 2.75) is 18.7 Å². The summed E-state index contributed by atoms with van der Waals surface area (Å²) in [5.41, 5.74) is 0. The van der Waals surface area contributed by atoms with Crippen LogP contribution in [0.2, 0.25) is 0 Å². The number of halogens is 8. The minimum atomic E-state index is -10.5. The Kier molecular flexibility index (Phi) is 5.44. The highest BCUT2D eigenvalue weighted by Gasteiger charge is 2.69. The molecule has 2 nitrogen and oxygen atoms in total. The van der Waals surface area contributed by atoms with Gasteiger partial charge in [0.05, 0.1) is 11.7 Å². The maximum Gasteiger partial charge on any atom is 0.316 e. The normalized spacial score (nSPS) is 16.2. The topological polar surface area (TPSA) is 18.5 Å². The maximum atomic E-state index is 14.1. The van der Waals surface area contributed by atoms with Crippen molar-refractivity contribution in [1.82, 2.24) is 0 Å². The highest BCUT2D eigenvalue weighted by atomic mass is 32.5. The van der Waals surface area contributed by atoms with Gasteiger partial charge in [0.15, 0.2) is 16.5 Å². The van der Waals surface area contributed by atoms with Gasteiger partial charge in [-0.1, -0.05) is 19.4 Å². The van der Waals surface area contributed by atoms with E-state index in [1.165, 1.54) is 0 Å². The molecule has 0 aliphatic heterocycles. The first-order valence-corrected chi connectivity index (χ1v) is 8.53. The van der Waals surface area contributed by atoms with Crippen LogP contribution in [0.25, 0.3) is 0 Å². The molecule has 0 saturated heterocycles. The van der Waals surface area contributed by atoms with Gasteiger partial charge in [-0.25, -0.2) is 13.2 Å². The summed E-state index contributed by atoms with van der Waals surface area (Å²) >= 11 is 0. The zero-order valence-electron chi connectivity index (χ0n) is 13.0. The van der Waals surface area contributed by atoms with Crippen LogP contribution in [0, 0.1) is 5.82 Å². The molecule has 0 heterocycles. The molecule has 0 amide bonds. The largest absolute Gasteiger partial charge is 0.488 e. The summed E-state index contributed by atoms with van der Waals surface area (Å²) < 4.78 is 114. The Bertz CT molecular complexity index is 702. The van der Waals surface area contributed by atoms with Gasteiger partial charge in [0.2, 0.25) is 0 Å². The molecule has 0 radical (unpaired) electrons. The molecule has 0 N–H and O–H groups in total.